The highest BCUT2D eigenvalue weighted by atomic mass is 16.6. The normalized spacial score (nSPS) is 23.4. The summed E-state index contributed by atoms with van der Waals surface area (Å²) in [5.74, 6) is -0.875. The number of methoxy groups -OCH3 is 1. The van der Waals surface area contributed by atoms with Crippen LogP contribution in [0.4, 0.5) is 4.79 Å². The highest BCUT2D eigenvalue weighted by Gasteiger charge is 2.42. The summed E-state index contributed by atoms with van der Waals surface area (Å²) in [5.41, 5.74) is -0.636. The fourth-order valence-electron chi connectivity index (χ4n) is 1.81. The Morgan fingerprint density at radius 2 is 2.00 bits per heavy atom. The number of esters is 1. The second kappa shape index (κ2) is 5.25. The fraction of sp³-hybridized carbons (Fsp3) is 0.750. The topological polar surface area (TPSA) is 79.6 Å². The Labute approximate surface area is 106 Å². The summed E-state index contributed by atoms with van der Waals surface area (Å²) < 4.78 is 9.85. The average Bonchev–Trinajstić information content (AvgIpc) is 2.69. The number of hydrogen-bond acceptors (Lipinski definition) is 5. The van der Waals surface area contributed by atoms with Crippen LogP contribution in [0.2, 0.25) is 0 Å². The van der Waals surface area contributed by atoms with E-state index in [4.69, 9.17) is 10.00 Å². The summed E-state index contributed by atoms with van der Waals surface area (Å²) in [5, 5.41) is 8.89. The molecule has 1 amide bonds. The Kier molecular flexibility index (Phi) is 4.17. The highest BCUT2D eigenvalue weighted by Crippen LogP contribution is 2.25. The van der Waals surface area contributed by atoms with Crippen molar-refractivity contribution in [1.29, 1.82) is 5.26 Å². The third-order valence-electron chi connectivity index (χ3n) is 2.58. The third kappa shape index (κ3) is 3.36. The van der Waals surface area contributed by atoms with Gasteiger partial charge in [-0.1, -0.05) is 0 Å². The summed E-state index contributed by atoms with van der Waals surface area (Å²) in [7, 11) is 1.26. The van der Waals surface area contributed by atoms with E-state index >= 15 is 0 Å². The van der Waals surface area contributed by atoms with Gasteiger partial charge in [-0.2, -0.15) is 5.26 Å². The molecule has 0 aromatic heterocycles. The zero-order valence-electron chi connectivity index (χ0n) is 11.1. The van der Waals surface area contributed by atoms with E-state index in [-0.39, 0.29) is 12.5 Å². The van der Waals surface area contributed by atoms with Gasteiger partial charge in [0.1, 0.15) is 11.6 Å². The lowest BCUT2D eigenvalue weighted by molar-refractivity contribution is -0.145. The second-order valence-corrected chi connectivity index (χ2v) is 5.23. The molecular formula is C12H18N2O4. The highest BCUT2D eigenvalue weighted by molar-refractivity contribution is 5.82. The van der Waals surface area contributed by atoms with Gasteiger partial charge in [0, 0.05) is 6.54 Å². The maximum Gasteiger partial charge on any atom is 0.411 e. The number of hydrogen-bond donors (Lipinski definition) is 0. The van der Waals surface area contributed by atoms with Crippen molar-refractivity contribution in [3.63, 3.8) is 0 Å². The van der Waals surface area contributed by atoms with Gasteiger partial charge in [-0.25, -0.2) is 9.59 Å². The van der Waals surface area contributed by atoms with Crippen molar-refractivity contribution in [2.75, 3.05) is 13.7 Å². The van der Waals surface area contributed by atoms with Crippen LogP contribution in [-0.4, -0.2) is 42.3 Å². The zero-order chi connectivity index (χ0) is 13.9. The first-order valence-corrected chi connectivity index (χ1v) is 5.75. The monoisotopic (exact) mass is 254 g/mol. The molecule has 100 valence electrons. The summed E-state index contributed by atoms with van der Waals surface area (Å²) in [6.07, 6.45) is -0.293. The van der Waals surface area contributed by atoms with Gasteiger partial charge in [0.2, 0.25) is 0 Å². The zero-order valence-corrected chi connectivity index (χ0v) is 11.1. The van der Waals surface area contributed by atoms with Crippen LogP contribution < -0.4 is 0 Å². The SMILES string of the molecule is COC(=O)[C@H]1C[C@H](C#N)CN1C(=O)OC(C)(C)C. The molecule has 6 heteroatoms. The molecule has 1 saturated heterocycles. The van der Waals surface area contributed by atoms with Crippen molar-refractivity contribution in [3.8, 4) is 6.07 Å². The predicted molar refractivity (Wildman–Crippen MR) is 62.5 cm³/mol. The maximum absolute atomic E-state index is 11.9. The van der Waals surface area contributed by atoms with Gasteiger partial charge in [-0.15, -0.1) is 0 Å². The number of rotatable bonds is 1. The summed E-state index contributed by atoms with van der Waals surface area (Å²) >= 11 is 0. The number of likely N-dealkylation sites (tertiary alicyclic amines) is 1. The van der Waals surface area contributed by atoms with E-state index in [1.54, 1.807) is 20.8 Å². The number of carbonyl (C=O) groups is 2. The van der Waals surface area contributed by atoms with Crippen LogP contribution in [0.25, 0.3) is 0 Å². The molecule has 0 bridgehead atoms. The molecule has 1 aliphatic heterocycles. The minimum absolute atomic E-state index is 0.200. The number of nitrogens with zero attached hydrogens (tertiary/aromatic N) is 2. The maximum atomic E-state index is 11.9. The molecule has 0 saturated carbocycles. The summed E-state index contributed by atoms with van der Waals surface area (Å²) in [6.45, 7) is 5.44. The summed E-state index contributed by atoms with van der Waals surface area (Å²) in [4.78, 5) is 24.8. The number of ether oxygens (including phenoxy) is 2. The lowest BCUT2D eigenvalue weighted by Gasteiger charge is -2.27. The van der Waals surface area contributed by atoms with Crippen molar-refractivity contribution in [2.45, 2.75) is 38.8 Å². The average molecular weight is 254 g/mol. The molecule has 0 spiro atoms. The van der Waals surface area contributed by atoms with E-state index in [2.05, 4.69) is 10.8 Å². The first-order valence-electron chi connectivity index (χ1n) is 5.75. The smallest absolute Gasteiger partial charge is 0.411 e. The molecule has 1 fully saturated rings. The van der Waals surface area contributed by atoms with E-state index in [9.17, 15) is 9.59 Å². The molecule has 1 aliphatic rings. The Bertz CT molecular complexity index is 381. The van der Waals surface area contributed by atoms with Gasteiger partial charge < -0.3 is 9.47 Å². The predicted octanol–water partition coefficient (Wildman–Crippen LogP) is 1.31. The van der Waals surface area contributed by atoms with Crippen LogP contribution >= 0.6 is 0 Å². The molecule has 2 atom stereocenters. The minimum atomic E-state index is -0.727. The van der Waals surface area contributed by atoms with Crippen LogP contribution in [0.3, 0.4) is 0 Å². The molecule has 0 unspecified atom stereocenters. The van der Waals surface area contributed by atoms with E-state index in [1.165, 1.54) is 12.0 Å². The van der Waals surface area contributed by atoms with Crippen LogP contribution in [0.15, 0.2) is 0 Å². The Morgan fingerprint density at radius 3 is 2.44 bits per heavy atom. The third-order valence-corrected chi connectivity index (χ3v) is 2.58. The minimum Gasteiger partial charge on any atom is -0.467 e. The second-order valence-electron chi connectivity index (χ2n) is 5.23. The Hall–Kier alpha value is -1.77. The number of carbonyl (C=O) groups excluding carboxylic acids is 2. The van der Waals surface area contributed by atoms with Crippen LogP contribution in [0, 0.1) is 17.2 Å². The lowest BCUT2D eigenvalue weighted by atomic mass is 10.1. The van der Waals surface area contributed by atoms with Gasteiger partial charge in [0.25, 0.3) is 0 Å². The van der Waals surface area contributed by atoms with E-state index < -0.39 is 23.7 Å². The van der Waals surface area contributed by atoms with Crippen molar-refractivity contribution < 1.29 is 19.1 Å². The van der Waals surface area contributed by atoms with Crippen molar-refractivity contribution >= 4 is 12.1 Å². The Morgan fingerprint density at radius 1 is 1.39 bits per heavy atom. The number of nitriles is 1. The molecule has 0 aromatic carbocycles. The standard InChI is InChI=1S/C12H18N2O4/c1-12(2,3)18-11(16)14-7-8(6-13)5-9(14)10(15)17-4/h8-9H,5,7H2,1-4H3/t8-,9-/m1/s1. The van der Waals surface area contributed by atoms with Gasteiger partial charge in [-0.3, -0.25) is 4.90 Å². The molecule has 0 aliphatic carbocycles. The molecule has 0 aromatic rings. The molecule has 0 radical (unpaired) electrons. The van der Waals surface area contributed by atoms with Crippen molar-refractivity contribution in [3.05, 3.63) is 0 Å². The van der Waals surface area contributed by atoms with Crippen LogP contribution in [-0.2, 0) is 14.3 Å². The van der Waals surface area contributed by atoms with E-state index in [0.717, 1.165) is 0 Å². The van der Waals surface area contributed by atoms with Crippen molar-refractivity contribution in [1.82, 2.24) is 4.90 Å². The van der Waals surface area contributed by atoms with Gasteiger partial charge in [0.05, 0.1) is 19.1 Å². The first-order chi connectivity index (χ1) is 8.28. The molecule has 1 rings (SSSR count). The first kappa shape index (κ1) is 14.3. The van der Waals surface area contributed by atoms with Gasteiger partial charge in [-0.05, 0) is 27.2 Å². The number of amides is 1. The molecule has 6 nitrogen and oxygen atoms in total. The van der Waals surface area contributed by atoms with E-state index in [0.29, 0.717) is 6.42 Å². The van der Waals surface area contributed by atoms with Crippen LogP contribution in [0.5, 0.6) is 0 Å². The molecule has 1 heterocycles. The summed E-state index contributed by atoms with van der Waals surface area (Å²) in [6, 6.07) is 1.34. The lowest BCUT2D eigenvalue weighted by Crippen LogP contribution is -2.43. The Balaban J connectivity index is 2.81. The fourth-order valence-corrected chi connectivity index (χ4v) is 1.81. The molecule has 18 heavy (non-hydrogen) atoms. The quantitative estimate of drug-likeness (QED) is 0.659. The van der Waals surface area contributed by atoms with Crippen LogP contribution in [0.1, 0.15) is 27.2 Å². The van der Waals surface area contributed by atoms with Gasteiger partial charge in [0.15, 0.2) is 0 Å². The molecule has 0 N–H and O–H groups in total. The van der Waals surface area contributed by atoms with Gasteiger partial charge >= 0.3 is 12.1 Å². The molecular weight excluding hydrogens is 236 g/mol. The van der Waals surface area contributed by atoms with Crippen molar-refractivity contribution in [2.24, 2.45) is 5.92 Å². The van der Waals surface area contributed by atoms with E-state index in [1.807, 2.05) is 0 Å². The largest absolute Gasteiger partial charge is 0.467 e.